The van der Waals surface area contributed by atoms with Crippen LogP contribution in [-0.2, 0) is 13.0 Å². The van der Waals surface area contributed by atoms with E-state index in [4.69, 9.17) is 4.74 Å². The van der Waals surface area contributed by atoms with E-state index in [2.05, 4.69) is 33.6 Å². The van der Waals surface area contributed by atoms with Crippen LogP contribution in [0.25, 0.3) is 0 Å². The SMILES string of the molecule is CCOc1ccc(C(=O)NC(=NCc2ccccn2)Nc2cccc(CC)c2)cc1. The number of nitrogens with zero attached hydrogens (tertiary/aromatic N) is 2. The summed E-state index contributed by atoms with van der Waals surface area (Å²) in [4.78, 5) is 21.6. The number of benzene rings is 2. The van der Waals surface area contributed by atoms with Crippen LogP contribution in [0, 0.1) is 0 Å². The molecule has 3 aromatic rings. The van der Waals surface area contributed by atoms with Crippen LogP contribution in [0.1, 0.15) is 35.5 Å². The maximum atomic E-state index is 12.8. The first-order valence-electron chi connectivity index (χ1n) is 10.0. The van der Waals surface area contributed by atoms with E-state index >= 15 is 0 Å². The first-order valence-corrected chi connectivity index (χ1v) is 10.0. The molecular weight excluding hydrogens is 376 g/mol. The van der Waals surface area contributed by atoms with Crippen molar-refractivity contribution < 1.29 is 9.53 Å². The van der Waals surface area contributed by atoms with Crippen LogP contribution in [0.3, 0.4) is 0 Å². The summed E-state index contributed by atoms with van der Waals surface area (Å²) in [6, 6.07) is 20.7. The molecule has 0 atom stereocenters. The van der Waals surface area contributed by atoms with E-state index in [1.54, 1.807) is 30.5 Å². The lowest BCUT2D eigenvalue weighted by atomic mass is 10.1. The molecule has 0 saturated heterocycles. The highest BCUT2D eigenvalue weighted by molar-refractivity contribution is 6.10. The maximum Gasteiger partial charge on any atom is 0.257 e. The van der Waals surface area contributed by atoms with Crippen LogP contribution < -0.4 is 15.4 Å². The van der Waals surface area contributed by atoms with E-state index in [1.807, 2.05) is 43.3 Å². The lowest BCUT2D eigenvalue weighted by Crippen LogP contribution is -2.36. The molecule has 0 unspecified atom stereocenters. The second-order valence-corrected chi connectivity index (χ2v) is 6.58. The lowest BCUT2D eigenvalue weighted by molar-refractivity contribution is 0.0977. The van der Waals surface area contributed by atoms with Crippen LogP contribution in [0.4, 0.5) is 5.69 Å². The van der Waals surface area contributed by atoms with Crippen LogP contribution in [0.5, 0.6) is 5.75 Å². The Labute approximate surface area is 177 Å². The number of carbonyl (C=O) groups excluding carboxylic acids is 1. The van der Waals surface area contributed by atoms with Gasteiger partial charge in [0.05, 0.1) is 18.8 Å². The molecular formula is C24H26N4O2. The Kier molecular flexibility index (Phi) is 7.55. The number of aryl methyl sites for hydroxylation is 1. The zero-order chi connectivity index (χ0) is 21.2. The smallest absolute Gasteiger partial charge is 0.257 e. The lowest BCUT2D eigenvalue weighted by Gasteiger charge is -2.13. The number of aliphatic imine (C=N–C) groups is 1. The van der Waals surface area contributed by atoms with Crippen molar-refractivity contribution >= 4 is 17.6 Å². The van der Waals surface area contributed by atoms with Gasteiger partial charge in [0.2, 0.25) is 5.96 Å². The quantitative estimate of drug-likeness (QED) is 0.452. The molecule has 1 amide bonds. The Morgan fingerprint density at radius 2 is 1.87 bits per heavy atom. The monoisotopic (exact) mass is 402 g/mol. The molecule has 0 aliphatic rings. The molecule has 1 heterocycles. The van der Waals surface area contributed by atoms with E-state index in [9.17, 15) is 4.79 Å². The maximum absolute atomic E-state index is 12.8. The van der Waals surface area contributed by atoms with Gasteiger partial charge in [0.25, 0.3) is 5.91 Å². The second kappa shape index (κ2) is 10.8. The minimum Gasteiger partial charge on any atom is -0.494 e. The van der Waals surface area contributed by atoms with Gasteiger partial charge < -0.3 is 10.1 Å². The number of aromatic nitrogens is 1. The minimum absolute atomic E-state index is 0.253. The third kappa shape index (κ3) is 6.17. The highest BCUT2D eigenvalue weighted by Gasteiger charge is 2.10. The second-order valence-electron chi connectivity index (χ2n) is 6.58. The van der Waals surface area contributed by atoms with Gasteiger partial charge >= 0.3 is 0 Å². The first-order chi connectivity index (χ1) is 14.7. The van der Waals surface area contributed by atoms with Crippen molar-refractivity contribution in [3.05, 3.63) is 89.7 Å². The van der Waals surface area contributed by atoms with E-state index in [1.165, 1.54) is 5.56 Å². The number of anilines is 1. The molecule has 0 saturated carbocycles. The fourth-order valence-electron chi connectivity index (χ4n) is 2.82. The molecule has 1 aromatic heterocycles. The summed E-state index contributed by atoms with van der Waals surface area (Å²) in [5.41, 5.74) is 3.39. The zero-order valence-electron chi connectivity index (χ0n) is 17.3. The topological polar surface area (TPSA) is 75.6 Å². The summed E-state index contributed by atoms with van der Waals surface area (Å²) in [6.07, 6.45) is 2.65. The molecule has 0 aliphatic heterocycles. The van der Waals surface area contributed by atoms with Crippen molar-refractivity contribution in [2.24, 2.45) is 4.99 Å². The van der Waals surface area contributed by atoms with E-state index in [0.29, 0.717) is 24.7 Å². The Balaban J connectivity index is 1.77. The summed E-state index contributed by atoms with van der Waals surface area (Å²) >= 11 is 0. The van der Waals surface area contributed by atoms with Crippen molar-refractivity contribution in [2.75, 3.05) is 11.9 Å². The van der Waals surface area contributed by atoms with Gasteiger partial charge in [-0.25, -0.2) is 4.99 Å². The number of hydrogen-bond acceptors (Lipinski definition) is 4. The molecule has 3 rings (SSSR count). The predicted octanol–water partition coefficient (Wildman–Crippen LogP) is 4.44. The molecule has 0 bridgehead atoms. The Hall–Kier alpha value is -3.67. The number of carbonyl (C=O) groups is 1. The van der Waals surface area contributed by atoms with Gasteiger partial charge in [0.15, 0.2) is 0 Å². The average Bonchev–Trinajstić information content (AvgIpc) is 2.79. The van der Waals surface area contributed by atoms with Gasteiger partial charge in [-0.05, 0) is 67.4 Å². The summed E-state index contributed by atoms with van der Waals surface area (Å²) in [6.45, 7) is 4.95. The van der Waals surface area contributed by atoms with Gasteiger partial charge in [0, 0.05) is 17.4 Å². The molecule has 2 aromatic carbocycles. The molecule has 154 valence electrons. The number of pyridine rings is 1. The van der Waals surface area contributed by atoms with E-state index in [0.717, 1.165) is 23.6 Å². The van der Waals surface area contributed by atoms with E-state index < -0.39 is 0 Å². The fourth-order valence-corrected chi connectivity index (χ4v) is 2.82. The van der Waals surface area contributed by atoms with E-state index in [-0.39, 0.29) is 5.91 Å². The number of rotatable bonds is 7. The largest absolute Gasteiger partial charge is 0.494 e. The van der Waals surface area contributed by atoms with Crippen molar-refractivity contribution in [2.45, 2.75) is 26.8 Å². The highest BCUT2D eigenvalue weighted by atomic mass is 16.5. The van der Waals surface area contributed by atoms with Gasteiger partial charge in [0.1, 0.15) is 5.75 Å². The summed E-state index contributed by atoms with van der Waals surface area (Å²) in [5, 5.41) is 6.09. The van der Waals surface area contributed by atoms with Crippen molar-refractivity contribution in [1.82, 2.24) is 10.3 Å². The molecule has 0 spiro atoms. The molecule has 0 aliphatic carbocycles. The summed E-state index contributed by atoms with van der Waals surface area (Å²) in [5.74, 6) is 0.845. The number of amides is 1. The summed E-state index contributed by atoms with van der Waals surface area (Å²) in [7, 11) is 0. The summed E-state index contributed by atoms with van der Waals surface area (Å²) < 4.78 is 5.44. The standard InChI is InChI=1S/C24H26N4O2/c1-3-18-8-7-10-20(16-18)27-24(26-17-21-9-5-6-15-25-21)28-23(29)19-11-13-22(14-12-19)30-4-2/h5-16H,3-4,17H2,1-2H3,(H2,26,27,28,29). The Morgan fingerprint density at radius 3 is 2.57 bits per heavy atom. The molecule has 0 fully saturated rings. The molecule has 2 N–H and O–H groups in total. The number of guanidine groups is 1. The van der Waals surface area contributed by atoms with Crippen molar-refractivity contribution in [3.63, 3.8) is 0 Å². The zero-order valence-corrected chi connectivity index (χ0v) is 17.3. The average molecular weight is 402 g/mol. The fraction of sp³-hybridized carbons (Fsp3) is 0.208. The highest BCUT2D eigenvalue weighted by Crippen LogP contribution is 2.13. The van der Waals surface area contributed by atoms with Crippen LogP contribution in [-0.4, -0.2) is 23.5 Å². The molecule has 30 heavy (non-hydrogen) atoms. The van der Waals surface area contributed by atoms with Crippen molar-refractivity contribution in [1.29, 1.82) is 0 Å². The number of hydrogen-bond donors (Lipinski definition) is 2. The Morgan fingerprint density at radius 1 is 1.03 bits per heavy atom. The predicted molar refractivity (Wildman–Crippen MR) is 120 cm³/mol. The molecule has 6 nitrogen and oxygen atoms in total. The third-order valence-corrected chi connectivity index (χ3v) is 4.38. The first kappa shape index (κ1) is 21.0. The van der Waals surface area contributed by atoms with Gasteiger partial charge in [-0.15, -0.1) is 0 Å². The third-order valence-electron chi connectivity index (χ3n) is 4.38. The molecule has 0 radical (unpaired) electrons. The number of nitrogens with one attached hydrogen (secondary N) is 2. The van der Waals surface area contributed by atoms with Gasteiger partial charge in [-0.3, -0.25) is 15.1 Å². The van der Waals surface area contributed by atoms with Gasteiger partial charge in [-0.2, -0.15) is 0 Å². The van der Waals surface area contributed by atoms with Crippen LogP contribution in [0.2, 0.25) is 0 Å². The van der Waals surface area contributed by atoms with Crippen LogP contribution >= 0.6 is 0 Å². The Bertz CT molecular complexity index is 986. The van der Waals surface area contributed by atoms with Crippen LogP contribution in [0.15, 0.2) is 77.9 Å². The van der Waals surface area contributed by atoms with Gasteiger partial charge in [-0.1, -0.05) is 25.1 Å². The molecule has 6 heteroatoms. The number of ether oxygens (including phenoxy) is 1. The van der Waals surface area contributed by atoms with Crippen molar-refractivity contribution in [3.8, 4) is 5.75 Å². The normalized spacial score (nSPS) is 11.1. The minimum atomic E-state index is -0.253.